The first-order valence-corrected chi connectivity index (χ1v) is 4.35. The molecular formula is C9H16N2. The third kappa shape index (κ3) is 2.51. The van der Waals surface area contributed by atoms with Crippen molar-refractivity contribution in [3.05, 3.63) is 0 Å². The summed E-state index contributed by atoms with van der Waals surface area (Å²) in [4.78, 5) is 0. The Labute approximate surface area is 68.6 Å². The van der Waals surface area contributed by atoms with Gasteiger partial charge in [-0.1, -0.05) is 6.92 Å². The number of nitriles is 1. The van der Waals surface area contributed by atoms with Gasteiger partial charge in [-0.15, -0.1) is 0 Å². The molecule has 2 heteroatoms. The predicted molar refractivity (Wildman–Crippen MR) is 45.1 cm³/mol. The maximum Gasteiger partial charge on any atom is 0.0638 e. The third-order valence-corrected chi connectivity index (χ3v) is 2.38. The molecule has 1 unspecified atom stereocenters. The molecule has 1 atom stereocenters. The molecule has 1 aliphatic carbocycles. The van der Waals surface area contributed by atoms with E-state index in [0.29, 0.717) is 18.0 Å². The summed E-state index contributed by atoms with van der Waals surface area (Å²) < 4.78 is 0. The van der Waals surface area contributed by atoms with E-state index < -0.39 is 0 Å². The van der Waals surface area contributed by atoms with E-state index in [9.17, 15) is 0 Å². The third-order valence-electron chi connectivity index (χ3n) is 2.38. The molecule has 1 N–H and O–H groups in total. The first-order chi connectivity index (χ1) is 5.20. The van der Waals surface area contributed by atoms with Crippen LogP contribution >= 0.6 is 0 Å². The molecule has 0 aromatic rings. The van der Waals surface area contributed by atoms with Crippen molar-refractivity contribution >= 4 is 0 Å². The van der Waals surface area contributed by atoms with Crippen LogP contribution in [-0.4, -0.2) is 11.6 Å². The lowest BCUT2D eigenvalue weighted by atomic mass is 10.1. The van der Waals surface area contributed by atoms with E-state index in [4.69, 9.17) is 5.26 Å². The number of hydrogen-bond acceptors (Lipinski definition) is 2. The number of rotatable bonds is 4. The van der Waals surface area contributed by atoms with E-state index in [1.807, 2.05) is 0 Å². The molecule has 2 nitrogen and oxygen atoms in total. The zero-order chi connectivity index (χ0) is 8.32. The van der Waals surface area contributed by atoms with Gasteiger partial charge < -0.3 is 5.32 Å². The smallest absolute Gasteiger partial charge is 0.0638 e. The second-order valence-corrected chi connectivity index (χ2v) is 3.67. The summed E-state index contributed by atoms with van der Waals surface area (Å²) in [5.41, 5.74) is 0.373. The maximum absolute atomic E-state index is 8.50. The van der Waals surface area contributed by atoms with Crippen molar-refractivity contribution in [2.24, 2.45) is 0 Å². The predicted octanol–water partition coefficient (Wildman–Crippen LogP) is 1.82. The first kappa shape index (κ1) is 8.55. The van der Waals surface area contributed by atoms with Crippen LogP contribution in [0.3, 0.4) is 0 Å². The van der Waals surface area contributed by atoms with Gasteiger partial charge in [-0.2, -0.15) is 5.26 Å². The van der Waals surface area contributed by atoms with Gasteiger partial charge in [0.25, 0.3) is 0 Å². The van der Waals surface area contributed by atoms with Gasteiger partial charge in [-0.05, 0) is 26.2 Å². The molecule has 0 aromatic carbocycles. The van der Waals surface area contributed by atoms with Crippen LogP contribution in [0.25, 0.3) is 0 Å². The Kier molecular flexibility index (Phi) is 2.51. The number of nitrogens with one attached hydrogen (secondary N) is 1. The van der Waals surface area contributed by atoms with E-state index in [2.05, 4.69) is 25.2 Å². The molecule has 1 rings (SSSR count). The highest BCUT2D eigenvalue weighted by molar-refractivity contribution is 5.00. The zero-order valence-electron chi connectivity index (χ0n) is 7.35. The van der Waals surface area contributed by atoms with Crippen LogP contribution in [0.2, 0.25) is 0 Å². The second kappa shape index (κ2) is 3.23. The Hall–Kier alpha value is -0.550. The lowest BCUT2D eigenvalue weighted by molar-refractivity contribution is 0.426. The molecule has 0 heterocycles. The highest BCUT2D eigenvalue weighted by Gasteiger charge is 2.38. The van der Waals surface area contributed by atoms with Gasteiger partial charge in [-0.3, -0.25) is 0 Å². The lowest BCUT2D eigenvalue weighted by Gasteiger charge is -2.18. The van der Waals surface area contributed by atoms with Crippen LogP contribution < -0.4 is 5.32 Å². The fourth-order valence-corrected chi connectivity index (χ4v) is 1.23. The van der Waals surface area contributed by atoms with Crippen molar-refractivity contribution in [3.8, 4) is 6.07 Å². The average molecular weight is 152 g/mol. The van der Waals surface area contributed by atoms with Crippen molar-refractivity contribution < 1.29 is 0 Å². The van der Waals surface area contributed by atoms with Crippen LogP contribution in [0, 0.1) is 11.3 Å². The van der Waals surface area contributed by atoms with Gasteiger partial charge in [0.05, 0.1) is 12.5 Å². The van der Waals surface area contributed by atoms with Gasteiger partial charge in [0.2, 0.25) is 0 Å². The van der Waals surface area contributed by atoms with Gasteiger partial charge in [0, 0.05) is 11.6 Å². The van der Waals surface area contributed by atoms with Gasteiger partial charge in [0.1, 0.15) is 0 Å². The Morgan fingerprint density at radius 1 is 1.64 bits per heavy atom. The van der Waals surface area contributed by atoms with Crippen molar-refractivity contribution in [2.75, 3.05) is 0 Å². The second-order valence-electron chi connectivity index (χ2n) is 3.67. The molecule has 1 aliphatic rings. The van der Waals surface area contributed by atoms with Crippen molar-refractivity contribution in [1.29, 1.82) is 5.26 Å². The van der Waals surface area contributed by atoms with Crippen molar-refractivity contribution in [2.45, 2.75) is 51.1 Å². The minimum absolute atomic E-state index is 0.373. The van der Waals surface area contributed by atoms with E-state index in [1.54, 1.807) is 0 Å². The maximum atomic E-state index is 8.50. The molecule has 0 spiro atoms. The fourth-order valence-electron chi connectivity index (χ4n) is 1.23. The summed E-state index contributed by atoms with van der Waals surface area (Å²) in [6.07, 6.45) is 4.25. The summed E-state index contributed by atoms with van der Waals surface area (Å²) in [7, 11) is 0. The summed E-state index contributed by atoms with van der Waals surface area (Å²) in [5, 5.41) is 12.0. The standard InChI is InChI=1S/C9H16N2/c1-3-8(4-7-10)11-9(2)5-6-9/h8,11H,3-6H2,1-2H3. The molecule has 0 aromatic heterocycles. The molecule has 0 aliphatic heterocycles. The van der Waals surface area contributed by atoms with Crippen LogP contribution in [0.5, 0.6) is 0 Å². The Balaban J connectivity index is 2.27. The molecule has 0 saturated heterocycles. The Morgan fingerprint density at radius 2 is 2.27 bits per heavy atom. The highest BCUT2D eigenvalue weighted by atomic mass is 15.0. The normalized spacial score (nSPS) is 22.3. The van der Waals surface area contributed by atoms with Crippen molar-refractivity contribution in [3.63, 3.8) is 0 Å². The molecule has 0 amide bonds. The van der Waals surface area contributed by atoms with Gasteiger partial charge in [0.15, 0.2) is 0 Å². The lowest BCUT2D eigenvalue weighted by Crippen LogP contribution is -2.37. The van der Waals surface area contributed by atoms with Gasteiger partial charge in [-0.25, -0.2) is 0 Å². The quantitative estimate of drug-likeness (QED) is 0.667. The highest BCUT2D eigenvalue weighted by Crippen LogP contribution is 2.35. The summed E-state index contributed by atoms with van der Waals surface area (Å²) in [6, 6.07) is 2.62. The molecule has 62 valence electrons. The largest absolute Gasteiger partial charge is 0.308 e. The molecule has 0 radical (unpaired) electrons. The summed E-state index contributed by atoms with van der Waals surface area (Å²) >= 11 is 0. The van der Waals surface area contributed by atoms with Crippen LogP contribution in [-0.2, 0) is 0 Å². The molecule has 11 heavy (non-hydrogen) atoms. The van der Waals surface area contributed by atoms with E-state index in [0.717, 1.165) is 6.42 Å². The SMILES string of the molecule is CCC(CC#N)NC1(C)CC1. The van der Waals surface area contributed by atoms with Crippen LogP contribution in [0.1, 0.15) is 39.5 Å². The number of nitrogens with zero attached hydrogens (tertiary/aromatic N) is 1. The molecule has 1 fully saturated rings. The van der Waals surface area contributed by atoms with Gasteiger partial charge >= 0.3 is 0 Å². The van der Waals surface area contributed by atoms with E-state index >= 15 is 0 Å². The Bertz CT molecular complexity index is 165. The first-order valence-electron chi connectivity index (χ1n) is 4.35. The van der Waals surface area contributed by atoms with Crippen LogP contribution in [0.4, 0.5) is 0 Å². The molecule has 1 saturated carbocycles. The van der Waals surface area contributed by atoms with E-state index in [-0.39, 0.29) is 0 Å². The minimum Gasteiger partial charge on any atom is -0.308 e. The van der Waals surface area contributed by atoms with Crippen LogP contribution in [0.15, 0.2) is 0 Å². The monoisotopic (exact) mass is 152 g/mol. The van der Waals surface area contributed by atoms with E-state index in [1.165, 1.54) is 12.8 Å². The molecular weight excluding hydrogens is 136 g/mol. The summed E-state index contributed by atoms with van der Waals surface area (Å²) in [6.45, 7) is 4.35. The zero-order valence-corrected chi connectivity index (χ0v) is 7.35. The fraction of sp³-hybridized carbons (Fsp3) is 0.889. The minimum atomic E-state index is 0.373. The number of hydrogen-bond donors (Lipinski definition) is 1. The molecule has 0 bridgehead atoms. The topological polar surface area (TPSA) is 35.8 Å². The van der Waals surface area contributed by atoms with Crippen molar-refractivity contribution in [1.82, 2.24) is 5.32 Å². The average Bonchev–Trinajstić information content (AvgIpc) is 2.68. The summed E-state index contributed by atoms with van der Waals surface area (Å²) in [5.74, 6) is 0. The Morgan fingerprint density at radius 3 is 2.64 bits per heavy atom.